The summed E-state index contributed by atoms with van der Waals surface area (Å²) in [6.45, 7) is 1.75. The minimum absolute atomic E-state index is 0.231. The number of amides is 1. The van der Waals surface area contributed by atoms with Gasteiger partial charge >= 0.3 is 5.72 Å². The third-order valence-electron chi connectivity index (χ3n) is 5.34. The molecule has 3 aliphatic rings. The van der Waals surface area contributed by atoms with Gasteiger partial charge in [0.05, 0.1) is 10.6 Å². The van der Waals surface area contributed by atoms with Gasteiger partial charge in [-0.05, 0) is 25.1 Å². The Labute approximate surface area is 146 Å². The van der Waals surface area contributed by atoms with E-state index in [2.05, 4.69) is 10.3 Å². The Balaban J connectivity index is 1.85. The van der Waals surface area contributed by atoms with Crippen molar-refractivity contribution in [3.63, 3.8) is 0 Å². The van der Waals surface area contributed by atoms with E-state index in [1.807, 2.05) is 6.07 Å². The average Bonchev–Trinajstić information content (AvgIpc) is 3.18. The first kappa shape index (κ1) is 14.7. The molecule has 126 valence electrons. The van der Waals surface area contributed by atoms with Gasteiger partial charge in [0.25, 0.3) is 0 Å². The molecular formula is C17H13N3O4S. The van der Waals surface area contributed by atoms with Crippen LogP contribution in [0.1, 0.15) is 24.1 Å². The minimum Gasteiger partial charge on any atom is -0.424 e. The van der Waals surface area contributed by atoms with Gasteiger partial charge < -0.3 is 10.1 Å². The molecule has 4 heterocycles. The summed E-state index contributed by atoms with van der Waals surface area (Å²) in [5.74, 6) is -0.481. The fraction of sp³-hybridized carbons (Fsp3) is 0.294. The van der Waals surface area contributed by atoms with Gasteiger partial charge in [-0.3, -0.25) is 19.9 Å². The largest absolute Gasteiger partial charge is 0.424 e. The molecule has 1 N–H and O–H groups in total. The van der Waals surface area contributed by atoms with E-state index in [0.29, 0.717) is 17.0 Å². The van der Waals surface area contributed by atoms with Gasteiger partial charge in [0.1, 0.15) is 16.4 Å². The molecule has 0 aliphatic carbocycles. The molecule has 1 aromatic carbocycles. The summed E-state index contributed by atoms with van der Waals surface area (Å²) in [5, 5.41) is 15.2. The number of nitro groups is 1. The highest BCUT2D eigenvalue weighted by atomic mass is 32.2. The van der Waals surface area contributed by atoms with E-state index < -0.39 is 26.2 Å². The Bertz CT molecular complexity index is 939. The summed E-state index contributed by atoms with van der Waals surface area (Å²) in [4.78, 5) is 27.7. The highest BCUT2D eigenvalue weighted by molar-refractivity contribution is 8.03. The lowest BCUT2D eigenvalue weighted by Crippen LogP contribution is -2.69. The van der Waals surface area contributed by atoms with Crippen molar-refractivity contribution in [2.75, 3.05) is 0 Å². The smallest absolute Gasteiger partial charge is 0.410 e. The van der Waals surface area contributed by atoms with Crippen LogP contribution in [0.3, 0.4) is 0 Å². The maximum atomic E-state index is 12.8. The van der Waals surface area contributed by atoms with E-state index in [9.17, 15) is 14.9 Å². The molecule has 2 bridgehead atoms. The van der Waals surface area contributed by atoms with Crippen molar-refractivity contribution in [2.24, 2.45) is 0 Å². The van der Waals surface area contributed by atoms with E-state index in [-0.39, 0.29) is 5.91 Å². The van der Waals surface area contributed by atoms with Crippen molar-refractivity contribution in [3.8, 4) is 5.75 Å². The van der Waals surface area contributed by atoms with Crippen LogP contribution in [0.5, 0.6) is 5.75 Å². The summed E-state index contributed by atoms with van der Waals surface area (Å²) in [5.41, 5.74) is -0.718. The van der Waals surface area contributed by atoms with Gasteiger partial charge in [-0.1, -0.05) is 36.0 Å². The molecule has 7 nitrogen and oxygen atoms in total. The van der Waals surface area contributed by atoms with Crippen LogP contribution < -0.4 is 10.1 Å². The van der Waals surface area contributed by atoms with Crippen molar-refractivity contribution < 1.29 is 14.5 Å². The van der Waals surface area contributed by atoms with E-state index in [0.717, 1.165) is 0 Å². The van der Waals surface area contributed by atoms with Crippen molar-refractivity contribution >= 4 is 17.7 Å². The molecule has 5 rings (SSSR count). The molecule has 1 amide bonds. The van der Waals surface area contributed by atoms with Crippen LogP contribution in [0.15, 0.2) is 48.7 Å². The lowest BCUT2D eigenvalue weighted by Gasteiger charge is -2.38. The third-order valence-corrected chi connectivity index (χ3v) is 7.10. The molecule has 3 aliphatic heterocycles. The molecular weight excluding hydrogens is 342 g/mol. The zero-order valence-electron chi connectivity index (χ0n) is 13.1. The summed E-state index contributed by atoms with van der Waals surface area (Å²) >= 11 is 1.24. The number of rotatable bonds is 2. The molecule has 2 fully saturated rings. The Kier molecular flexibility index (Phi) is 2.54. The second-order valence-electron chi connectivity index (χ2n) is 6.59. The first-order valence-electron chi connectivity index (χ1n) is 7.82. The number of ether oxygens (including phenoxy) is 1. The van der Waals surface area contributed by atoms with Crippen LogP contribution >= 0.6 is 11.8 Å². The number of fused-ring (bicyclic) bond motifs is 7. The molecule has 0 radical (unpaired) electrons. The summed E-state index contributed by atoms with van der Waals surface area (Å²) in [6.07, 6.45) is 1.57. The molecule has 1 aromatic heterocycles. The number of para-hydroxylation sites is 1. The molecule has 25 heavy (non-hydrogen) atoms. The van der Waals surface area contributed by atoms with Crippen molar-refractivity contribution in [1.82, 2.24) is 10.3 Å². The molecule has 2 saturated heterocycles. The van der Waals surface area contributed by atoms with Crippen LogP contribution in [-0.2, 0) is 9.67 Å². The summed E-state index contributed by atoms with van der Waals surface area (Å²) in [6, 6.07) is 12.3. The van der Waals surface area contributed by atoms with Gasteiger partial charge in [0.2, 0.25) is 10.8 Å². The van der Waals surface area contributed by atoms with Gasteiger partial charge in [0.15, 0.2) is 0 Å². The number of hydrogen-bond acceptors (Lipinski definition) is 6. The van der Waals surface area contributed by atoms with E-state index in [4.69, 9.17) is 4.74 Å². The molecule has 0 unspecified atom stereocenters. The minimum atomic E-state index is -1.83. The van der Waals surface area contributed by atoms with Crippen LogP contribution in [-0.4, -0.2) is 26.3 Å². The Morgan fingerprint density at radius 1 is 1.28 bits per heavy atom. The highest BCUT2D eigenvalue weighted by Gasteiger charge is 2.89. The monoisotopic (exact) mass is 355 g/mol. The average molecular weight is 355 g/mol. The number of nitrogens with zero attached hydrogens (tertiary/aromatic N) is 2. The van der Waals surface area contributed by atoms with E-state index in [1.165, 1.54) is 11.8 Å². The number of nitrogens with one attached hydrogen (secondary N) is 1. The standard InChI is InChI=1S/C17H13N3O4S/c1-15-13-10-6-2-3-7-11(10)24-17(13,20(22)23)16(25-15,19-14(15)21)12-8-4-5-9-18-12/h2-9,13H,1H3,(H,19,21)/t13-,15+,16-,17-/m1/s1. The Morgan fingerprint density at radius 3 is 2.76 bits per heavy atom. The van der Waals surface area contributed by atoms with Crippen LogP contribution in [0.2, 0.25) is 0 Å². The summed E-state index contributed by atoms with van der Waals surface area (Å²) in [7, 11) is 0. The number of benzene rings is 1. The normalized spacial score (nSPS) is 37.2. The zero-order valence-corrected chi connectivity index (χ0v) is 13.9. The Hall–Kier alpha value is -2.61. The van der Waals surface area contributed by atoms with Gasteiger partial charge in [-0.25, -0.2) is 0 Å². The predicted molar refractivity (Wildman–Crippen MR) is 89.6 cm³/mol. The van der Waals surface area contributed by atoms with Crippen molar-refractivity contribution in [3.05, 3.63) is 70.0 Å². The molecule has 0 saturated carbocycles. The first-order valence-corrected chi connectivity index (χ1v) is 8.64. The maximum Gasteiger partial charge on any atom is 0.410 e. The number of thioether (sulfide) groups is 1. The number of aromatic nitrogens is 1. The number of pyridine rings is 1. The molecule has 2 aromatic rings. The molecule has 8 heteroatoms. The highest BCUT2D eigenvalue weighted by Crippen LogP contribution is 2.73. The van der Waals surface area contributed by atoms with Crippen LogP contribution in [0.25, 0.3) is 0 Å². The second kappa shape index (κ2) is 4.32. The third kappa shape index (κ3) is 1.41. The van der Waals surface area contributed by atoms with Crippen LogP contribution in [0.4, 0.5) is 0 Å². The molecule has 4 atom stereocenters. The first-order chi connectivity index (χ1) is 12.0. The van der Waals surface area contributed by atoms with Gasteiger partial charge in [-0.15, -0.1) is 0 Å². The fourth-order valence-corrected chi connectivity index (χ4v) is 6.30. The Morgan fingerprint density at radius 2 is 2.04 bits per heavy atom. The van der Waals surface area contributed by atoms with Crippen molar-refractivity contribution in [1.29, 1.82) is 0 Å². The number of carbonyl (C=O) groups is 1. The quantitative estimate of drug-likeness (QED) is 0.654. The number of hydrogen-bond donors (Lipinski definition) is 1. The van der Waals surface area contributed by atoms with E-state index in [1.54, 1.807) is 49.5 Å². The lowest BCUT2D eigenvalue weighted by molar-refractivity contribution is -0.627. The van der Waals surface area contributed by atoms with Gasteiger partial charge in [0, 0.05) is 11.8 Å². The lowest BCUT2D eigenvalue weighted by atomic mass is 9.73. The van der Waals surface area contributed by atoms with E-state index >= 15 is 0 Å². The SMILES string of the molecule is C[C@@]12S[C@@](c3ccccn3)(NC1=O)[C@]1([N+](=O)[O-])Oc3ccccc3[C@H]21. The molecule has 0 spiro atoms. The second-order valence-corrected chi connectivity index (χ2v) is 8.25. The van der Waals surface area contributed by atoms with Crippen molar-refractivity contribution in [2.45, 2.75) is 28.2 Å². The maximum absolute atomic E-state index is 12.8. The predicted octanol–water partition coefficient (Wildman–Crippen LogP) is 2.02. The van der Waals surface area contributed by atoms with Crippen LogP contribution in [0, 0.1) is 10.1 Å². The zero-order chi connectivity index (χ0) is 17.4. The topological polar surface area (TPSA) is 94.4 Å². The number of piperidine rings is 1. The summed E-state index contributed by atoms with van der Waals surface area (Å²) < 4.78 is 4.99. The number of carbonyl (C=O) groups excluding carboxylic acids is 1. The van der Waals surface area contributed by atoms with Gasteiger partial charge in [-0.2, -0.15) is 0 Å². The fourth-order valence-electron chi connectivity index (χ4n) is 4.36.